The number of rotatable bonds is 9. The molecule has 1 aliphatic carbocycles. The van der Waals surface area contributed by atoms with E-state index < -0.39 is 17.8 Å². The molecular weight excluding hydrogens is 328 g/mol. The van der Waals surface area contributed by atoms with Crippen molar-refractivity contribution in [3.05, 3.63) is 46.6 Å². The monoisotopic (exact) mass is 360 g/mol. The van der Waals surface area contributed by atoms with Crippen LogP contribution in [0.1, 0.15) is 59.8 Å². The molecule has 26 heavy (non-hydrogen) atoms. The second kappa shape index (κ2) is 8.94. The lowest BCUT2D eigenvalue weighted by molar-refractivity contribution is -0.119. The van der Waals surface area contributed by atoms with Crippen LogP contribution >= 0.6 is 0 Å². The number of allylic oxidation sites excluding steroid dienone is 5. The molecule has 1 saturated heterocycles. The zero-order chi connectivity index (χ0) is 19.3. The summed E-state index contributed by atoms with van der Waals surface area (Å²) in [5.74, 6) is -0.143. The van der Waals surface area contributed by atoms with Crippen LogP contribution in [0.5, 0.6) is 0 Å². The van der Waals surface area contributed by atoms with Crippen LogP contribution in [0.15, 0.2) is 46.6 Å². The maximum absolute atomic E-state index is 12.3. The van der Waals surface area contributed by atoms with Gasteiger partial charge in [0.2, 0.25) is 0 Å². The molecule has 1 fully saturated rings. The summed E-state index contributed by atoms with van der Waals surface area (Å²) in [5.41, 5.74) is 3.44. The van der Waals surface area contributed by atoms with Crippen molar-refractivity contribution < 1.29 is 19.7 Å². The summed E-state index contributed by atoms with van der Waals surface area (Å²) in [4.78, 5) is 12.3. The summed E-state index contributed by atoms with van der Waals surface area (Å²) in [6, 6.07) is 0. The van der Waals surface area contributed by atoms with Gasteiger partial charge in [0.1, 0.15) is 12.2 Å². The van der Waals surface area contributed by atoms with Crippen molar-refractivity contribution in [2.24, 2.45) is 0 Å². The number of ether oxygens (including phenoxy) is 1. The highest BCUT2D eigenvalue weighted by atomic mass is 16.6. The molecule has 2 aliphatic rings. The first-order valence-electron chi connectivity index (χ1n) is 9.46. The predicted molar refractivity (Wildman–Crippen MR) is 104 cm³/mol. The van der Waals surface area contributed by atoms with E-state index in [-0.39, 0.29) is 12.4 Å². The molecule has 2 N–H and O–H groups in total. The number of fused-ring (bicyclic) bond motifs is 1. The third-order valence-electron chi connectivity index (χ3n) is 5.20. The highest BCUT2D eigenvalue weighted by Crippen LogP contribution is 2.48. The van der Waals surface area contributed by atoms with E-state index in [4.69, 9.17) is 4.74 Å². The minimum absolute atomic E-state index is 0.143. The van der Waals surface area contributed by atoms with E-state index in [0.717, 1.165) is 25.7 Å². The van der Waals surface area contributed by atoms with E-state index in [0.29, 0.717) is 12.0 Å². The lowest BCUT2D eigenvalue weighted by Gasteiger charge is -2.19. The Bertz CT molecular complexity index is 649. The molecule has 0 saturated carbocycles. The van der Waals surface area contributed by atoms with Crippen molar-refractivity contribution in [3.8, 4) is 0 Å². The lowest BCUT2D eigenvalue weighted by atomic mass is 9.84. The summed E-state index contributed by atoms with van der Waals surface area (Å²) in [6.45, 7) is 8.18. The van der Waals surface area contributed by atoms with Crippen LogP contribution in [0.25, 0.3) is 0 Å². The third-order valence-corrected chi connectivity index (χ3v) is 5.20. The molecule has 1 heterocycles. The van der Waals surface area contributed by atoms with Crippen LogP contribution < -0.4 is 0 Å². The lowest BCUT2D eigenvalue weighted by Crippen LogP contribution is -2.37. The zero-order valence-corrected chi connectivity index (χ0v) is 16.4. The van der Waals surface area contributed by atoms with E-state index in [1.807, 2.05) is 0 Å². The van der Waals surface area contributed by atoms with Crippen LogP contribution in [0.4, 0.5) is 0 Å². The van der Waals surface area contributed by atoms with E-state index in [1.54, 1.807) is 0 Å². The van der Waals surface area contributed by atoms with Crippen LogP contribution in [0, 0.1) is 0 Å². The molecule has 144 valence electrons. The minimum atomic E-state index is -0.907. The van der Waals surface area contributed by atoms with Gasteiger partial charge in [-0.2, -0.15) is 0 Å². The van der Waals surface area contributed by atoms with Crippen LogP contribution in [0.3, 0.4) is 0 Å². The van der Waals surface area contributed by atoms with E-state index in [2.05, 4.69) is 45.9 Å². The van der Waals surface area contributed by atoms with Gasteiger partial charge in [-0.1, -0.05) is 34.9 Å². The molecular formula is C22H32O4. The second-order valence-electron chi connectivity index (χ2n) is 7.78. The van der Waals surface area contributed by atoms with Crippen molar-refractivity contribution in [3.63, 3.8) is 0 Å². The Hall–Kier alpha value is -1.49. The highest BCUT2D eigenvalue weighted by Gasteiger charge is 2.66. The first kappa shape index (κ1) is 20.8. The molecule has 0 aromatic carbocycles. The van der Waals surface area contributed by atoms with Gasteiger partial charge in [0.05, 0.1) is 6.61 Å². The van der Waals surface area contributed by atoms with Gasteiger partial charge in [-0.15, -0.1) is 0 Å². The number of aliphatic hydroxyl groups excluding tert-OH is 2. The van der Waals surface area contributed by atoms with Crippen molar-refractivity contribution in [1.82, 2.24) is 0 Å². The molecule has 3 atom stereocenters. The van der Waals surface area contributed by atoms with Gasteiger partial charge in [-0.05, 0) is 65.0 Å². The van der Waals surface area contributed by atoms with Crippen LogP contribution in [-0.2, 0) is 9.53 Å². The summed E-state index contributed by atoms with van der Waals surface area (Å²) in [6.07, 6.45) is 11.2. The number of hydrogen-bond acceptors (Lipinski definition) is 4. The molecule has 1 aliphatic heterocycles. The van der Waals surface area contributed by atoms with Crippen molar-refractivity contribution in [2.45, 2.75) is 77.6 Å². The van der Waals surface area contributed by atoms with Crippen LogP contribution in [0.2, 0.25) is 0 Å². The Kier molecular flexibility index (Phi) is 7.16. The number of hydrogen-bond donors (Lipinski definition) is 2. The topological polar surface area (TPSA) is 70.1 Å². The Balaban J connectivity index is 1.82. The average Bonchev–Trinajstić information content (AvgIpc) is 3.33. The number of aliphatic hydroxyl groups is 2. The molecule has 0 amide bonds. The van der Waals surface area contributed by atoms with Gasteiger partial charge < -0.3 is 14.9 Å². The summed E-state index contributed by atoms with van der Waals surface area (Å²) in [5, 5.41) is 19.3. The normalized spacial score (nSPS) is 28.5. The van der Waals surface area contributed by atoms with Gasteiger partial charge in [-0.25, -0.2) is 0 Å². The largest absolute Gasteiger partial charge is 0.392 e. The van der Waals surface area contributed by atoms with E-state index in [9.17, 15) is 15.0 Å². The molecule has 4 nitrogen and oxygen atoms in total. The Morgan fingerprint density at radius 3 is 2.35 bits per heavy atom. The zero-order valence-electron chi connectivity index (χ0n) is 16.4. The van der Waals surface area contributed by atoms with Gasteiger partial charge in [0.15, 0.2) is 11.4 Å². The summed E-state index contributed by atoms with van der Waals surface area (Å²) in [7, 11) is 0. The fourth-order valence-electron chi connectivity index (χ4n) is 3.35. The third kappa shape index (κ3) is 5.03. The Labute approximate surface area is 156 Å². The second-order valence-corrected chi connectivity index (χ2v) is 7.78. The number of epoxide rings is 1. The first-order chi connectivity index (χ1) is 12.3. The molecule has 0 radical (unpaired) electrons. The highest BCUT2D eigenvalue weighted by molar-refractivity contribution is 6.02. The smallest absolute Gasteiger partial charge is 0.190 e. The SMILES string of the molecule is CC(C)=CCC/C(C)=C/CC/C(C)=C/CC12O[C@@H]1[C@H](O)C(CO)=CC2=O. The number of carbonyl (C=O) groups excluding carboxylic acids is 1. The molecule has 1 unspecified atom stereocenters. The maximum Gasteiger partial charge on any atom is 0.190 e. The van der Waals surface area contributed by atoms with Crippen molar-refractivity contribution in [1.29, 1.82) is 0 Å². The van der Waals surface area contributed by atoms with E-state index >= 15 is 0 Å². The Morgan fingerprint density at radius 2 is 1.73 bits per heavy atom. The average molecular weight is 360 g/mol. The predicted octanol–water partition coefficient (Wildman–Crippen LogP) is 3.80. The van der Waals surface area contributed by atoms with Gasteiger partial charge in [-0.3, -0.25) is 4.79 Å². The maximum atomic E-state index is 12.3. The summed E-state index contributed by atoms with van der Waals surface area (Å²) >= 11 is 0. The molecule has 2 rings (SSSR count). The molecule has 0 bridgehead atoms. The van der Waals surface area contributed by atoms with Gasteiger partial charge >= 0.3 is 0 Å². The number of carbonyl (C=O) groups is 1. The molecule has 4 heteroatoms. The standard InChI is InChI=1S/C22H32O4/c1-15(2)7-5-8-16(3)9-6-10-17(4)11-12-22-19(24)13-18(14-23)20(25)21(22)26-22/h7,9,11,13,20-21,23,25H,5-6,8,10,12,14H2,1-4H3/b16-9+,17-11+/t20-,21-,22?/m1/s1. The van der Waals surface area contributed by atoms with E-state index in [1.165, 1.54) is 22.8 Å². The first-order valence-corrected chi connectivity index (χ1v) is 9.46. The number of ketones is 1. The van der Waals surface area contributed by atoms with Gasteiger partial charge in [0.25, 0.3) is 0 Å². The molecule has 0 spiro atoms. The Morgan fingerprint density at radius 1 is 1.12 bits per heavy atom. The molecule has 0 aromatic rings. The van der Waals surface area contributed by atoms with Crippen molar-refractivity contribution >= 4 is 5.78 Å². The van der Waals surface area contributed by atoms with Crippen LogP contribution in [-0.4, -0.2) is 40.4 Å². The minimum Gasteiger partial charge on any atom is -0.392 e. The molecule has 0 aromatic heterocycles. The van der Waals surface area contributed by atoms with Gasteiger partial charge in [0, 0.05) is 6.42 Å². The fraction of sp³-hybridized carbons (Fsp3) is 0.591. The fourth-order valence-corrected chi connectivity index (χ4v) is 3.35. The quantitative estimate of drug-likeness (QED) is 0.485. The van der Waals surface area contributed by atoms with Crippen molar-refractivity contribution in [2.75, 3.05) is 6.61 Å². The summed E-state index contributed by atoms with van der Waals surface area (Å²) < 4.78 is 5.55.